The van der Waals surface area contributed by atoms with Crippen LogP contribution in [0.15, 0.2) is 18.6 Å². The van der Waals surface area contributed by atoms with Crippen molar-refractivity contribution in [2.24, 2.45) is 5.73 Å². The van der Waals surface area contributed by atoms with E-state index in [0.29, 0.717) is 0 Å². The summed E-state index contributed by atoms with van der Waals surface area (Å²) in [6.45, 7) is 2.02. The smallest absolute Gasteiger partial charge is 0.233 e. The Labute approximate surface area is 81.8 Å². The first-order valence-electron chi connectivity index (χ1n) is 4.78. The fraction of sp³-hybridized carbons (Fsp3) is 0.400. The van der Waals surface area contributed by atoms with Gasteiger partial charge in [0.05, 0.1) is 6.20 Å². The molecule has 1 aliphatic carbocycles. The SMILES string of the molecule is Cc1cnc2ncc(C3(N)CC3)cn12. The minimum atomic E-state index is -0.113. The van der Waals surface area contributed by atoms with E-state index in [1.54, 1.807) is 0 Å². The van der Waals surface area contributed by atoms with Crippen molar-refractivity contribution in [1.82, 2.24) is 14.4 Å². The fourth-order valence-corrected chi connectivity index (χ4v) is 1.67. The van der Waals surface area contributed by atoms with E-state index in [4.69, 9.17) is 5.73 Å². The zero-order chi connectivity index (χ0) is 9.76. The van der Waals surface area contributed by atoms with Gasteiger partial charge in [-0.1, -0.05) is 0 Å². The van der Waals surface area contributed by atoms with Crippen molar-refractivity contribution in [3.05, 3.63) is 29.8 Å². The molecule has 4 heteroatoms. The maximum absolute atomic E-state index is 6.10. The van der Waals surface area contributed by atoms with Crippen LogP contribution in [0.1, 0.15) is 24.1 Å². The van der Waals surface area contributed by atoms with Gasteiger partial charge in [-0.2, -0.15) is 0 Å². The lowest BCUT2D eigenvalue weighted by atomic mass is 10.1. The average Bonchev–Trinajstić information content (AvgIpc) is 2.84. The van der Waals surface area contributed by atoms with Gasteiger partial charge in [-0.15, -0.1) is 0 Å². The third kappa shape index (κ3) is 0.974. The van der Waals surface area contributed by atoms with Gasteiger partial charge in [0.15, 0.2) is 0 Å². The predicted octanol–water partition coefficient (Wildman–Crippen LogP) is 0.986. The van der Waals surface area contributed by atoms with Crippen LogP contribution in [0.25, 0.3) is 5.78 Å². The second kappa shape index (κ2) is 2.33. The molecule has 2 N–H and O–H groups in total. The molecule has 0 spiro atoms. The second-order valence-electron chi connectivity index (χ2n) is 4.07. The maximum Gasteiger partial charge on any atom is 0.233 e. The molecule has 0 amide bonds. The molecule has 0 bridgehead atoms. The molecule has 0 aromatic carbocycles. The lowest BCUT2D eigenvalue weighted by Gasteiger charge is -2.08. The number of nitrogens with two attached hydrogens (primary N) is 1. The van der Waals surface area contributed by atoms with Crippen LogP contribution >= 0.6 is 0 Å². The quantitative estimate of drug-likeness (QED) is 0.726. The summed E-state index contributed by atoms with van der Waals surface area (Å²) in [6, 6.07) is 0. The molecule has 0 saturated heterocycles. The zero-order valence-corrected chi connectivity index (χ0v) is 8.07. The highest BCUT2D eigenvalue weighted by molar-refractivity contribution is 5.35. The van der Waals surface area contributed by atoms with Crippen molar-refractivity contribution in [2.75, 3.05) is 0 Å². The number of nitrogens with zero attached hydrogens (tertiary/aromatic N) is 3. The van der Waals surface area contributed by atoms with Crippen molar-refractivity contribution < 1.29 is 0 Å². The lowest BCUT2D eigenvalue weighted by Crippen LogP contribution is -2.19. The van der Waals surface area contributed by atoms with E-state index in [0.717, 1.165) is 29.9 Å². The molecule has 0 atom stereocenters. The molecule has 0 aliphatic heterocycles. The van der Waals surface area contributed by atoms with Gasteiger partial charge in [-0.05, 0) is 19.8 Å². The number of rotatable bonds is 1. The van der Waals surface area contributed by atoms with Gasteiger partial charge in [-0.25, -0.2) is 9.97 Å². The molecule has 2 aromatic heterocycles. The van der Waals surface area contributed by atoms with E-state index in [1.807, 2.05) is 23.7 Å². The van der Waals surface area contributed by atoms with Gasteiger partial charge >= 0.3 is 0 Å². The minimum absolute atomic E-state index is 0.113. The van der Waals surface area contributed by atoms with Crippen LogP contribution in [0, 0.1) is 6.92 Å². The van der Waals surface area contributed by atoms with Gasteiger partial charge in [0, 0.05) is 29.2 Å². The Hall–Kier alpha value is -1.42. The van der Waals surface area contributed by atoms with E-state index < -0.39 is 0 Å². The Morgan fingerprint density at radius 3 is 2.79 bits per heavy atom. The fourth-order valence-electron chi connectivity index (χ4n) is 1.67. The molecule has 3 rings (SSSR count). The number of aromatic nitrogens is 3. The van der Waals surface area contributed by atoms with Gasteiger partial charge in [0.2, 0.25) is 5.78 Å². The summed E-state index contributed by atoms with van der Waals surface area (Å²) >= 11 is 0. The van der Waals surface area contributed by atoms with Crippen LogP contribution in [0.5, 0.6) is 0 Å². The highest BCUT2D eigenvalue weighted by atomic mass is 15.1. The number of hydrogen-bond acceptors (Lipinski definition) is 3. The van der Waals surface area contributed by atoms with Crippen molar-refractivity contribution in [3.8, 4) is 0 Å². The van der Waals surface area contributed by atoms with Crippen LogP contribution in [0.3, 0.4) is 0 Å². The monoisotopic (exact) mass is 188 g/mol. The van der Waals surface area contributed by atoms with Gasteiger partial charge < -0.3 is 5.73 Å². The third-order valence-corrected chi connectivity index (χ3v) is 2.91. The van der Waals surface area contributed by atoms with E-state index in [1.165, 1.54) is 0 Å². The summed E-state index contributed by atoms with van der Waals surface area (Å²) in [4.78, 5) is 8.45. The summed E-state index contributed by atoms with van der Waals surface area (Å²) in [7, 11) is 0. The van der Waals surface area contributed by atoms with Gasteiger partial charge in [0.25, 0.3) is 0 Å². The lowest BCUT2D eigenvalue weighted by molar-refractivity contribution is 0.725. The summed E-state index contributed by atoms with van der Waals surface area (Å²) in [5, 5.41) is 0. The topological polar surface area (TPSA) is 56.2 Å². The van der Waals surface area contributed by atoms with E-state index in [9.17, 15) is 0 Å². The summed E-state index contributed by atoms with van der Waals surface area (Å²) < 4.78 is 1.99. The summed E-state index contributed by atoms with van der Waals surface area (Å²) in [5.74, 6) is 0.746. The first-order valence-corrected chi connectivity index (χ1v) is 4.78. The van der Waals surface area contributed by atoms with Crippen molar-refractivity contribution in [1.29, 1.82) is 0 Å². The molecular weight excluding hydrogens is 176 g/mol. The van der Waals surface area contributed by atoms with Gasteiger partial charge in [0.1, 0.15) is 0 Å². The van der Waals surface area contributed by atoms with Crippen molar-refractivity contribution >= 4 is 5.78 Å². The average molecular weight is 188 g/mol. The summed E-state index contributed by atoms with van der Waals surface area (Å²) in [5.41, 5.74) is 8.20. The Morgan fingerprint density at radius 2 is 2.07 bits per heavy atom. The molecule has 4 nitrogen and oxygen atoms in total. The normalized spacial score (nSPS) is 18.7. The van der Waals surface area contributed by atoms with E-state index in [-0.39, 0.29) is 5.54 Å². The highest BCUT2D eigenvalue weighted by Crippen LogP contribution is 2.42. The van der Waals surface area contributed by atoms with E-state index >= 15 is 0 Å². The number of aryl methyl sites for hydroxylation is 1. The predicted molar refractivity (Wildman–Crippen MR) is 52.8 cm³/mol. The highest BCUT2D eigenvalue weighted by Gasteiger charge is 2.40. The van der Waals surface area contributed by atoms with Crippen LogP contribution in [0.4, 0.5) is 0 Å². The molecule has 0 unspecified atom stereocenters. The molecule has 0 radical (unpaired) electrons. The van der Waals surface area contributed by atoms with Crippen LogP contribution < -0.4 is 5.73 Å². The molecule has 72 valence electrons. The van der Waals surface area contributed by atoms with Crippen LogP contribution in [-0.2, 0) is 5.54 Å². The summed E-state index contributed by atoms with van der Waals surface area (Å²) in [6.07, 6.45) is 7.84. The van der Waals surface area contributed by atoms with Crippen molar-refractivity contribution in [2.45, 2.75) is 25.3 Å². The Balaban J connectivity index is 2.23. The maximum atomic E-state index is 6.10. The second-order valence-corrected chi connectivity index (χ2v) is 4.07. The number of hydrogen-bond donors (Lipinski definition) is 1. The Morgan fingerprint density at radius 1 is 1.36 bits per heavy atom. The first kappa shape index (κ1) is 7.94. The molecule has 1 saturated carbocycles. The Bertz CT molecular complexity index is 496. The minimum Gasteiger partial charge on any atom is -0.321 e. The first-order chi connectivity index (χ1) is 6.69. The standard InChI is InChI=1S/C10H12N4/c1-7-4-12-9-13-5-8(6-14(7)9)10(11)2-3-10/h4-6H,2-3,11H2,1H3. The molecular formula is C10H12N4. The molecule has 2 heterocycles. The molecule has 2 aromatic rings. The molecule has 1 aliphatic rings. The van der Waals surface area contributed by atoms with E-state index in [2.05, 4.69) is 16.2 Å². The van der Waals surface area contributed by atoms with Crippen molar-refractivity contribution in [3.63, 3.8) is 0 Å². The molecule has 1 fully saturated rings. The zero-order valence-electron chi connectivity index (χ0n) is 8.07. The van der Waals surface area contributed by atoms with Crippen LogP contribution in [0.2, 0.25) is 0 Å². The van der Waals surface area contributed by atoms with Gasteiger partial charge in [-0.3, -0.25) is 4.40 Å². The molecule has 14 heavy (non-hydrogen) atoms. The van der Waals surface area contributed by atoms with Crippen LogP contribution in [-0.4, -0.2) is 14.4 Å². The number of imidazole rings is 1. The third-order valence-electron chi connectivity index (χ3n) is 2.91. The number of fused-ring (bicyclic) bond motifs is 1. The largest absolute Gasteiger partial charge is 0.321 e. The Kier molecular flexibility index (Phi) is 1.32.